The second-order valence-electron chi connectivity index (χ2n) is 6.47. The molecular weight excluding hydrogens is 294 g/mol. The van der Waals surface area contributed by atoms with E-state index in [1.165, 1.54) is 57.1 Å². The van der Waals surface area contributed by atoms with Gasteiger partial charge in [0.1, 0.15) is 5.75 Å². The largest absolute Gasteiger partial charge is 0.497 e. The van der Waals surface area contributed by atoms with Crippen LogP contribution in [0.25, 0.3) is 11.3 Å². The fourth-order valence-electron chi connectivity index (χ4n) is 2.98. The molecule has 0 spiro atoms. The Balaban J connectivity index is 1.76. The van der Waals surface area contributed by atoms with Crippen LogP contribution in [0.3, 0.4) is 0 Å². The summed E-state index contributed by atoms with van der Waals surface area (Å²) in [4.78, 5) is 4.82. The zero-order chi connectivity index (χ0) is 17.0. The van der Waals surface area contributed by atoms with Gasteiger partial charge < -0.3 is 4.74 Å². The molecule has 0 bridgehead atoms. The molecule has 2 heteroatoms. The van der Waals surface area contributed by atoms with Crippen molar-refractivity contribution in [2.24, 2.45) is 0 Å². The Bertz CT molecular complexity index is 577. The lowest BCUT2D eigenvalue weighted by Gasteiger charge is -2.06. The molecule has 0 saturated carbocycles. The molecule has 2 nitrogen and oxygen atoms in total. The monoisotopic (exact) mass is 325 g/mol. The maximum Gasteiger partial charge on any atom is 0.118 e. The first-order chi connectivity index (χ1) is 11.8. The second-order valence-corrected chi connectivity index (χ2v) is 6.47. The number of nitrogens with zero attached hydrogens (tertiary/aromatic N) is 1. The molecule has 0 N–H and O–H groups in total. The molecule has 0 aliphatic carbocycles. The van der Waals surface area contributed by atoms with E-state index >= 15 is 0 Å². The molecule has 130 valence electrons. The SMILES string of the molecule is CCCCCCCCCCc1cccc(-c2ccc(OC)cc2)n1. The highest BCUT2D eigenvalue weighted by molar-refractivity contribution is 5.60. The fourth-order valence-corrected chi connectivity index (χ4v) is 2.98. The van der Waals surface area contributed by atoms with Gasteiger partial charge >= 0.3 is 0 Å². The topological polar surface area (TPSA) is 22.1 Å². The molecule has 1 heterocycles. The normalized spacial score (nSPS) is 10.8. The van der Waals surface area contributed by atoms with Crippen LogP contribution in [0.1, 0.15) is 64.0 Å². The number of rotatable bonds is 11. The zero-order valence-electron chi connectivity index (χ0n) is 15.3. The van der Waals surface area contributed by atoms with Crippen molar-refractivity contribution in [1.29, 1.82) is 0 Å². The molecule has 1 aromatic carbocycles. The van der Waals surface area contributed by atoms with Gasteiger partial charge in [-0.25, -0.2) is 0 Å². The Kier molecular flexibility index (Phi) is 8.37. The Morgan fingerprint density at radius 1 is 0.792 bits per heavy atom. The highest BCUT2D eigenvalue weighted by Crippen LogP contribution is 2.21. The van der Waals surface area contributed by atoms with Crippen molar-refractivity contribution in [3.63, 3.8) is 0 Å². The van der Waals surface area contributed by atoms with Gasteiger partial charge in [0.2, 0.25) is 0 Å². The predicted molar refractivity (Wildman–Crippen MR) is 103 cm³/mol. The summed E-state index contributed by atoms with van der Waals surface area (Å²) < 4.78 is 5.22. The summed E-state index contributed by atoms with van der Waals surface area (Å²) in [6.07, 6.45) is 11.9. The minimum atomic E-state index is 0.883. The Labute approximate surface area is 147 Å². The quantitative estimate of drug-likeness (QED) is 0.443. The lowest BCUT2D eigenvalue weighted by Crippen LogP contribution is -1.93. The third kappa shape index (κ3) is 6.35. The van der Waals surface area contributed by atoms with Gasteiger partial charge in [-0.3, -0.25) is 4.98 Å². The third-order valence-corrected chi connectivity index (χ3v) is 4.48. The van der Waals surface area contributed by atoms with Gasteiger partial charge in [-0.2, -0.15) is 0 Å². The molecule has 0 aliphatic heterocycles. The van der Waals surface area contributed by atoms with E-state index in [4.69, 9.17) is 9.72 Å². The third-order valence-electron chi connectivity index (χ3n) is 4.48. The van der Waals surface area contributed by atoms with Crippen LogP contribution in [0.5, 0.6) is 5.75 Å². The van der Waals surface area contributed by atoms with Crippen molar-refractivity contribution in [2.75, 3.05) is 7.11 Å². The zero-order valence-corrected chi connectivity index (χ0v) is 15.3. The first kappa shape index (κ1) is 18.5. The summed E-state index contributed by atoms with van der Waals surface area (Å²) in [5, 5.41) is 0. The number of hydrogen-bond donors (Lipinski definition) is 0. The second kappa shape index (κ2) is 10.9. The van der Waals surface area contributed by atoms with Gasteiger partial charge in [0.05, 0.1) is 12.8 Å². The van der Waals surface area contributed by atoms with E-state index in [0.717, 1.165) is 23.4 Å². The van der Waals surface area contributed by atoms with Gasteiger partial charge in [0, 0.05) is 11.3 Å². The summed E-state index contributed by atoms with van der Waals surface area (Å²) >= 11 is 0. The summed E-state index contributed by atoms with van der Waals surface area (Å²) in [6, 6.07) is 14.5. The van der Waals surface area contributed by atoms with Crippen LogP contribution in [-0.2, 0) is 6.42 Å². The van der Waals surface area contributed by atoms with Gasteiger partial charge in [0.15, 0.2) is 0 Å². The van der Waals surface area contributed by atoms with E-state index in [1.54, 1.807) is 7.11 Å². The molecule has 0 amide bonds. The van der Waals surface area contributed by atoms with E-state index < -0.39 is 0 Å². The minimum Gasteiger partial charge on any atom is -0.497 e. The Morgan fingerprint density at radius 2 is 1.46 bits per heavy atom. The average Bonchev–Trinajstić information content (AvgIpc) is 2.64. The number of pyridine rings is 1. The predicted octanol–water partition coefficient (Wildman–Crippen LogP) is 6.44. The van der Waals surface area contributed by atoms with E-state index in [-0.39, 0.29) is 0 Å². The molecule has 0 aliphatic rings. The molecule has 0 saturated heterocycles. The Hall–Kier alpha value is -1.83. The summed E-state index contributed by atoms with van der Waals surface area (Å²) in [5.41, 5.74) is 3.40. The maximum atomic E-state index is 5.22. The molecule has 0 fully saturated rings. The lowest BCUT2D eigenvalue weighted by molar-refractivity contribution is 0.415. The molecule has 0 unspecified atom stereocenters. The number of hydrogen-bond acceptors (Lipinski definition) is 2. The summed E-state index contributed by atoms with van der Waals surface area (Å²) in [7, 11) is 1.69. The van der Waals surface area contributed by atoms with E-state index in [1.807, 2.05) is 12.1 Å². The van der Waals surface area contributed by atoms with Crippen LogP contribution >= 0.6 is 0 Å². The lowest BCUT2D eigenvalue weighted by atomic mass is 10.1. The van der Waals surface area contributed by atoms with E-state index in [9.17, 15) is 0 Å². The van der Waals surface area contributed by atoms with Crippen LogP contribution in [0, 0.1) is 0 Å². The number of benzene rings is 1. The van der Waals surface area contributed by atoms with Crippen molar-refractivity contribution in [1.82, 2.24) is 4.98 Å². The maximum absolute atomic E-state index is 5.22. The summed E-state index contributed by atoms with van der Waals surface area (Å²) in [6.45, 7) is 2.27. The van der Waals surface area contributed by atoms with Gasteiger partial charge in [0.25, 0.3) is 0 Å². The Morgan fingerprint density at radius 3 is 2.12 bits per heavy atom. The molecule has 0 atom stereocenters. The first-order valence-electron chi connectivity index (χ1n) is 9.44. The van der Waals surface area contributed by atoms with Crippen molar-refractivity contribution >= 4 is 0 Å². The van der Waals surface area contributed by atoms with E-state index in [0.29, 0.717) is 0 Å². The van der Waals surface area contributed by atoms with Crippen molar-refractivity contribution in [3.8, 4) is 17.0 Å². The number of aromatic nitrogens is 1. The van der Waals surface area contributed by atoms with Crippen LogP contribution in [-0.4, -0.2) is 12.1 Å². The van der Waals surface area contributed by atoms with Crippen LogP contribution in [0.2, 0.25) is 0 Å². The highest BCUT2D eigenvalue weighted by Gasteiger charge is 2.02. The summed E-state index contributed by atoms with van der Waals surface area (Å²) in [5.74, 6) is 0.883. The molecule has 24 heavy (non-hydrogen) atoms. The molecule has 2 aromatic rings. The molecule has 0 radical (unpaired) electrons. The van der Waals surface area contributed by atoms with Crippen molar-refractivity contribution < 1.29 is 4.74 Å². The smallest absolute Gasteiger partial charge is 0.118 e. The molecule has 2 rings (SSSR count). The minimum absolute atomic E-state index is 0.883. The fraction of sp³-hybridized carbons (Fsp3) is 0.500. The molecule has 1 aromatic heterocycles. The average molecular weight is 325 g/mol. The number of methoxy groups -OCH3 is 1. The van der Waals surface area contributed by atoms with Gasteiger partial charge in [-0.05, 0) is 49.2 Å². The highest BCUT2D eigenvalue weighted by atomic mass is 16.5. The number of aryl methyl sites for hydroxylation is 1. The standard InChI is InChI=1S/C22H31NO/c1-3-4-5-6-7-8-9-10-12-20-13-11-14-22(23-20)19-15-17-21(24-2)18-16-19/h11,13-18H,3-10,12H2,1-2H3. The van der Waals surface area contributed by atoms with Crippen LogP contribution in [0.4, 0.5) is 0 Å². The van der Waals surface area contributed by atoms with Crippen molar-refractivity contribution in [2.45, 2.75) is 64.7 Å². The molecular formula is C22H31NO. The van der Waals surface area contributed by atoms with Crippen LogP contribution < -0.4 is 4.74 Å². The van der Waals surface area contributed by atoms with Crippen molar-refractivity contribution in [3.05, 3.63) is 48.2 Å². The van der Waals surface area contributed by atoms with Crippen LogP contribution in [0.15, 0.2) is 42.5 Å². The van der Waals surface area contributed by atoms with E-state index in [2.05, 4.69) is 37.3 Å². The van der Waals surface area contributed by atoms with Gasteiger partial charge in [-0.1, -0.05) is 57.9 Å². The first-order valence-corrected chi connectivity index (χ1v) is 9.44. The number of unbranched alkanes of at least 4 members (excludes halogenated alkanes) is 7. The number of ether oxygens (including phenoxy) is 1. The van der Waals surface area contributed by atoms with Gasteiger partial charge in [-0.15, -0.1) is 0 Å².